The van der Waals surface area contributed by atoms with Crippen LogP contribution in [0.25, 0.3) is 0 Å². The van der Waals surface area contributed by atoms with Crippen molar-refractivity contribution in [2.24, 2.45) is 5.92 Å². The Kier molecular flexibility index (Phi) is 6.80. The fraction of sp³-hybridized carbons (Fsp3) is 0.846. The number of nitrogens with one attached hydrogen (secondary N) is 2. The van der Waals surface area contributed by atoms with E-state index in [2.05, 4.69) is 10.6 Å². The molecule has 0 bridgehead atoms. The number of amides is 1. The Balaban J connectivity index is 2.15. The summed E-state index contributed by atoms with van der Waals surface area (Å²) in [7, 11) is 0. The van der Waals surface area contributed by atoms with Crippen molar-refractivity contribution in [1.29, 1.82) is 0 Å². The number of piperidine rings is 1. The molecule has 1 aliphatic heterocycles. The van der Waals surface area contributed by atoms with Crippen molar-refractivity contribution in [3.05, 3.63) is 0 Å². The van der Waals surface area contributed by atoms with E-state index in [0.717, 1.165) is 25.9 Å². The molecule has 0 aliphatic carbocycles. The molecule has 0 spiro atoms. The lowest BCUT2D eigenvalue weighted by atomic mass is 10.0. The quantitative estimate of drug-likeness (QED) is 0.623. The van der Waals surface area contributed by atoms with Crippen molar-refractivity contribution in [2.75, 3.05) is 19.7 Å². The highest BCUT2D eigenvalue weighted by Gasteiger charge is 2.21. The van der Waals surface area contributed by atoms with E-state index in [1.165, 1.54) is 0 Å². The molecule has 0 aromatic rings. The molecule has 2 atom stereocenters. The Morgan fingerprint density at radius 3 is 2.58 bits per heavy atom. The standard InChI is InChI=1S/C13H24N2O4/c1-9(13(17)18)10(2)15-12(16)5-8-19-11-3-6-14-7-4-11/h9-11,14H,3-8H2,1-2H3,(H,15,16)(H,17,18). The van der Waals surface area contributed by atoms with Crippen LogP contribution in [-0.2, 0) is 14.3 Å². The van der Waals surface area contributed by atoms with Crippen molar-refractivity contribution in [2.45, 2.75) is 45.3 Å². The molecule has 19 heavy (non-hydrogen) atoms. The van der Waals surface area contributed by atoms with Crippen molar-refractivity contribution in [1.82, 2.24) is 10.6 Å². The number of carboxylic acid groups (broad SMARTS) is 1. The molecule has 6 heteroatoms. The average molecular weight is 272 g/mol. The second kappa shape index (κ2) is 8.12. The lowest BCUT2D eigenvalue weighted by Crippen LogP contribution is -2.40. The van der Waals surface area contributed by atoms with Gasteiger partial charge in [-0.2, -0.15) is 0 Å². The van der Waals surface area contributed by atoms with Crippen LogP contribution >= 0.6 is 0 Å². The molecule has 1 fully saturated rings. The van der Waals surface area contributed by atoms with Gasteiger partial charge >= 0.3 is 5.97 Å². The van der Waals surface area contributed by atoms with Gasteiger partial charge in [-0.3, -0.25) is 9.59 Å². The summed E-state index contributed by atoms with van der Waals surface area (Å²) in [6.45, 7) is 5.60. The number of hydrogen-bond donors (Lipinski definition) is 3. The topological polar surface area (TPSA) is 87.7 Å². The van der Waals surface area contributed by atoms with Crippen molar-refractivity contribution < 1.29 is 19.4 Å². The molecule has 1 aliphatic rings. The maximum atomic E-state index is 11.6. The number of rotatable bonds is 7. The molecule has 3 N–H and O–H groups in total. The molecule has 0 aromatic carbocycles. The van der Waals surface area contributed by atoms with Gasteiger partial charge in [-0.1, -0.05) is 0 Å². The normalized spacial score (nSPS) is 19.7. The van der Waals surface area contributed by atoms with Gasteiger partial charge in [0.05, 0.1) is 18.6 Å². The van der Waals surface area contributed by atoms with Crippen molar-refractivity contribution in [3.63, 3.8) is 0 Å². The van der Waals surface area contributed by atoms with Crippen LogP contribution in [0.4, 0.5) is 0 Å². The number of carboxylic acids is 1. The average Bonchev–Trinajstić information content (AvgIpc) is 2.38. The van der Waals surface area contributed by atoms with E-state index in [-0.39, 0.29) is 24.5 Å². The summed E-state index contributed by atoms with van der Waals surface area (Å²) < 4.78 is 5.63. The molecule has 2 unspecified atom stereocenters. The second-order valence-electron chi connectivity index (χ2n) is 5.05. The second-order valence-corrected chi connectivity index (χ2v) is 5.05. The van der Waals surface area contributed by atoms with Gasteiger partial charge in [-0.05, 0) is 39.8 Å². The first-order valence-corrected chi connectivity index (χ1v) is 6.85. The maximum Gasteiger partial charge on any atom is 0.308 e. The SMILES string of the molecule is CC(NC(=O)CCOC1CCNCC1)C(C)C(=O)O. The smallest absolute Gasteiger partial charge is 0.308 e. The highest BCUT2D eigenvalue weighted by atomic mass is 16.5. The van der Waals surface area contributed by atoms with E-state index in [4.69, 9.17) is 9.84 Å². The minimum Gasteiger partial charge on any atom is -0.481 e. The van der Waals surface area contributed by atoms with Gasteiger partial charge in [0, 0.05) is 12.5 Å². The zero-order chi connectivity index (χ0) is 14.3. The number of carbonyl (C=O) groups is 2. The van der Waals surface area contributed by atoms with Gasteiger partial charge in [-0.25, -0.2) is 0 Å². The van der Waals surface area contributed by atoms with Crippen LogP contribution in [-0.4, -0.2) is 48.8 Å². The molecule has 110 valence electrons. The van der Waals surface area contributed by atoms with Crippen LogP contribution in [0.3, 0.4) is 0 Å². The largest absolute Gasteiger partial charge is 0.481 e. The van der Waals surface area contributed by atoms with Crippen molar-refractivity contribution >= 4 is 11.9 Å². The summed E-state index contributed by atoms with van der Waals surface area (Å²) in [6, 6.07) is -0.371. The first kappa shape index (κ1) is 15.9. The number of carbonyl (C=O) groups excluding carboxylic acids is 1. The minimum absolute atomic E-state index is 0.158. The summed E-state index contributed by atoms with van der Waals surface area (Å²) in [5.41, 5.74) is 0. The summed E-state index contributed by atoms with van der Waals surface area (Å²) in [5.74, 6) is -1.65. The highest BCUT2D eigenvalue weighted by molar-refractivity contribution is 5.78. The van der Waals surface area contributed by atoms with Crippen LogP contribution in [0.1, 0.15) is 33.1 Å². The summed E-state index contributed by atoms with van der Waals surface area (Å²) >= 11 is 0. The molecule has 0 aromatic heterocycles. The molecule has 0 saturated carbocycles. The molecule has 1 saturated heterocycles. The van der Waals surface area contributed by atoms with Gasteiger partial charge in [0.1, 0.15) is 0 Å². The predicted octanol–water partition coefficient (Wildman–Crippen LogP) is 0.371. The number of ether oxygens (including phenoxy) is 1. The summed E-state index contributed by atoms with van der Waals surface area (Å²) in [5, 5.41) is 14.8. The van der Waals surface area contributed by atoms with E-state index in [0.29, 0.717) is 6.61 Å². The van der Waals surface area contributed by atoms with Gasteiger partial charge < -0.3 is 20.5 Å². The molecule has 1 heterocycles. The van der Waals surface area contributed by atoms with Gasteiger partial charge in [-0.15, -0.1) is 0 Å². The van der Waals surface area contributed by atoms with Crippen LogP contribution in [0.15, 0.2) is 0 Å². The third-order valence-corrected chi connectivity index (χ3v) is 3.50. The van der Waals surface area contributed by atoms with Gasteiger partial charge in [0.15, 0.2) is 0 Å². The number of aliphatic carboxylic acids is 1. The van der Waals surface area contributed by atoms with Crippen LogP contribution in [0.5, 0.6) is 0 Å². The summed E-state index contributed by atoms with van der Waals surface area (Å²) in [6.07, 6.45) is 2.48. The van der Waals surface area contributed by atoms with Gasteiger partial charge in [0.25, 0.3) is 0 Å². The zero-order valence-corrected chi connectivity index (χ0v) is 11.6. The number of hydrogen-bond acceptors (Lipinski definition) is 4. The fourth-order valence-electron chi connectivity index (χ4n) is 1.95. The van der Waals surface area contributed by atoms with E-state index in [1.807, 2.05) is 0 Å². The van der Waals surface area contributed by atoms with E-state index in [9.17, 15) is 9.59 Å². The Bertz CT molecular complexity index is 303. The Hall–Kier alpha value is -1.14. The molecule has 6 nitrogen and oxygen atoms in total. The fourth-order valence-corrected chi connectivity index (χ4v) is 1.95. The Labute approximate surface area is 113 Å². The van der Waals surface area contributed by atoms with E-state index >= 15 is 0 Å². The zero-order valence-electron chi connectivity index (χ0n) is 11.6. The third kappa shape index (κ3) is 6.02. The first-order valence-electron chi connectivity index (χ1n) is 6.85. The first-order chi connectivity index (χ1) is 9.00. The van der Waals surface area contributed by atoms with E-state index in [1.54, 1.807) is 13.8 Å². The molecule has 1 amide bonds. The highest BCUT2D eigenvalue weighted by Crippen LogP contribution is 2.07. The van der Waals surface area contributed by atoms with Crippen LogP contribution in [0, 0.1) is 5.92 Å². The minimum atomic E-state index is -0.904. The third-order valence-electron chi connectivity index (χ3n) is 3.50. The molecule has 1 rings (SSSR count). The molecular formula is C13H24N2O4. The Morgan fingerprint density at radius 2 is 2.00 bits per heavy atom. The molecular weight excluding hydrogens is 248 g/mol. The predicted molar refractivity (Wildman–Crippen MR) is 70.9 cm³/mol. The van der Waals surface area contributed by atoms with Gasteiger partial charge in [0.2, 0.25) is 5.91 Å². The Morgan fingerprint density at radius 1 is 1.37 bits per heavy atom. The van der Waals surface area contributed by atoms with Crippen LogP contribution in [0.2, 0.25) is 0 Å². The lowest BCUT2D eigenvalue weighted by molar-refractivity contribution is -0.142. The van der Waals surface area contributed by atoms with Crippen LogP contribution < -0.4 is 10.6 Å². The lowest BCUT2D eigenvalue weighted by Gasteiger charge is -2.23. The summed E-state index contributed by atoms with van der Waals surface area (Å²) in [4.78, 5) is 22.4. The maximum absolute atomic E-state index is 11.6. The monoisotopic (exact) mass is 272 g/mol. The molecule has 0 radical (unpaired) electrons. The van der Waals surface area contributed by atoms with Crippen molar-refractivity contribution in [3.8, 4) is 0 Å². The van der Waals surface area contributed by atoms with E-state index < -0.39 is 11.9 Å².